The summed E-state index contributed by atoms with van der Waals surface area (Å²) in [5, 5.41) is 11.1. The highest BCUT2D eigenvalue weighted by Crippen LogP contribution is 2.40. The van der Waals surface area contributed by atoms with E-state index in [1.165, 1.54) is 4.90 Å². The van der Waals surface area contributed by atoms with Gasteiger partial charge in [0.15, 0.2) is 0 Å². The number of likely N-dealkylation sites (tertiary alicyclic amines) is 1. The molecule has 1 amide bonds. The Morgan fingerprint density at radius 1 is 1.06 bits per heavy atom. The average Bonchev–Trinajstić information content (AvgIpc) is 3.05. The molecular formula is C24H21N3O4. The van der Waals surface area contributed by atoms with Crippen LogP contribution in [0.5, 0.6) is 5.75 Å². The van der Waals surface area contributed by atoms with Gasteiger partial charge in [0.2, 0.25) is 0 Å². The van der Waals surface area contributed by atoms with Crippen molar-refractivity contribution in [2.75, 3.05) is 6.61 Å². The van der Waals surface area contributed by atoms with Crippen LogP contribution in [0.15, 0.2) is 78.9 Å². The Morgan fingerprint density at radius 2 is 1.84 bits per heavy atom. The molecular weight excluding hydrogens is 394 g/mol. The molecule has 1 aromatic carbocycles. The Labute approximate surface area is 179 Å². The fraction of sp³-hybridized carbons (Fsp3) is 0.167. The van der Waals surface area contributed by atoms with Crippen molar-refractivity contribution in [2.24, 2.45) is 0 Å². The third-order valence-corrected chi connectivity index (χ3v) is 5.03. The van der Waals surface area contributed by atoms with Gasteiger partial charge in [-0.25, -0.2) is 0 Å². The van der Waals surface area contributed by atoms with Gasteiger partial charge in [0.25, 0.3) is 11.7 Å². The highest BCUT2D eigenvalue weighted by Gasteiger charge is 2.46. The van der Waals surface area contributed by atoms with Crippen molar-refractivity contribution in [3.8, 4) is 5.75 Å². The monoisotopic (exact) mass is 415 g/mol. The van der Waals surface area contributed by atoms with E-state index in [1.807, 2.05) is 13.0 Å². The standard InChI is InChI=1S/C24H21N3O4/c1-2-31-19-9-3-7-17(12-19)22(28)20-21(18-8-5-11-26-14-18)27(24(30)23(20)29)15-16-6-4-10-25-13-16/h3-14,21,28H,2,15H2,1H3/b22-20+. The summed E-state index contributed by atoms with van der Waals surface area (Å²) in [5.74, 6) is -1.10. The highest BCUT2D eigenvalue weighted by molar-refractivity contribution is 6.46. The minimum Gasteiger partial charge on any atom is -0.507 e. The molecule has 3 aromatic rings. The molecule has 156 valence electrons. The number of ketones is 1. The number of carbonyl (C=O) groups excluding carboxylic acids is 2. The smallest absolute Gasteiger partial charge is 0.295 e. The lowest BCUT2D eigenvalue weighted by Crippen LogP contribution is -2.29. The Kier molecular flexibility index (Phi) is 5.75. The zero-order chi connectivity index (χ0) is 21.8. The van der Waals surface area contributed by atoms with Gasteiger partial charge in [0.1, 0.15) is 11.5 Å². The quantitative estimate of drug-likeness (QED) is 0.376. The molecule has 7 heteroatoms. The number of benzene rings is 1. The molecule has 0 spiro atoms. The van der Waals surface area contributed by atoms with Crippen molar-refractivity contribution in [1.82, 2.24) is 14.9 Å². The second-order valence-corrected chi connectivity index (χ2v) is 7.04. The summed E-state index contributed by atoms with van der Waals surface area (Å²) < 4.78 is 5.51. The molecule has 1 aliphatic rings. The molecule has 1 aliphatic heterocycles. The SMILES string of the molecule is CCOc1cccc(/C(O)=C2\C(=O)C(=O)N(Cc3cccnc3)C2c2cccnc2)c1. The van der Waals surface area contributed by atoms with Gasteiger partial charge in [-0.1, -0.05) is 24.3 Å². The highest BCUT2D eigenvalue weighted by atomic mass is 16.5. The number of ether oxygens (including phenoxy) is 1. The van der Waals surface area contributed by atoms with Crippen molar-refractivity contribution in [3.63, 3.8) is 0 Å². The van der Waals surface area contributed by atoms with Crippen molar-refractivity contribution < 1.29 is 19.4 Å². The molecule has 0 bridgehead atoms. The van der Waals surface area contributed by atoms with Gasteiger partial charge in [0.05, 0.1) is 18.2 Å². The molecule has 1 atom stereocenters. The fourth-order valence-corrected chi connectivity index (χ4v) is 3.67. The lowest BCUT2D eigenvalue weighted by atomic mass is 9.96. The number of rotatable bonds is 6. The van der Waals surface area contributed by atoms with E-state index in [0.717, 1.165) is 5.56 Å². The minimum absolute atomic E-state index is 0.0236. The first-order chi connectivity index (χ1) is 15.1. The van der Waals surface area contributed by atoms with E-state index >= 15 is 0 Å². The van der Waals surface area contributed by atoms with Gasteiger partial charge in [-0.15, -0.1) is 0 Å². The van der Waals surface area contributed by atoms with Crippen molar-refractivity contribution in [2.45, 2.75) is 19.5 Å². The van der Waals surface area contributed by atoms with E-state index in [1.54, 1.807) is 67.3 Å². The summed E-state index contributed by atoms with van der Waals surface area (Å²) in [6.07, 6.45) is 6.49. The van der Waals surface area contributed by atoms with Crippen LogP contribution >= 0.6 is 0 Å². The third kappa shape index (κ3) is 4.02. The zero-order valence-corrected chi connectivity index (χ0v) is 16.9. The number of amides is 1. The van der Waals surface area contributed by atoms with Gasteiger partial charge in [-0.05, 0) is 42.3 Å². The largest absolute Gasteiger partial charge is 0.507 e. The topological polar surface area (TPSA) is 92.6 Å². The van der Waals surface area contributed by atoms with Crippen LogP contribution in [0, 0.1) is 0 Å². The number of aliphatic hydroxyl groups excluding tert-OH is 1. The number of aliphatic hydroxyl groups is 1. The molecule has 1 saturated heterocycles. The predicted octanol–water partition coefficient (Wildman–Crippen LogP) is 3.50. The maximum Gasteiger partial charge on any atom is 0.295 e. The van der Waals surface area contributed by atoms with Crippen molar-refractivity contribution in [1.29, 1.82) is 0 Å². The van der Waals surface area contributed by atoms with E-state index in [2.05, 4.69) is 9.97 Å². The number of hydrogen-bond donors (Lipinski definition) is 1. The van der Waals surface area contributed by atoms with Crippen LogP contribution in [0.1, 0.15) is 29.7 Å². The van der Waals surface area contributed by atoms with E-state index in [4.69, 9.17) is 4.74 Å². The number of aromatic nitrogens is 2. The summed E-state index contributed by atoms with van der Waals surface area (Å²) in [7, 11) is 0. The molecule has 4 rings (SSSR count). The number of carbonyl (C=O) groups is 2. The molecule has 0 radical (unpaired) electrons. The number of pyridine rings is 2. The third-order valence-electron chi connectivity index (χ3n) is 5.03. The van der Waals surface area contributed by atoms with Crippen molar-refractivity contribution in [3.05, 3.63) is 95.6 Å². The van der Waals surface area contributed by atoms with E-state index in [-0.39, 0.29) is 17.9 Å². The van der Waals surface area contributed by atoms with Crippen LogP contribution in [0.2, 0.25) is 0 Å². The predicted molar refractivity (Wildman–Crippen MR) is 114 cm³/mol. The van der Waals surface area contributed by atoms with E-state index in [9.17, 15) is 14.7 Å². The summed E-state index contributed by atoms with van der Waals surface area (Å²) in [4.78, 5) is 35.7. The van der Waals surface area contributed by atoms with Crippen LogP contribution < -0.4 is 4.74 Å². The van der Waals surface area contributed by atoms with Crippen LogP contribution in [0.4, 0.5) is 0 Å². The summed E-state index contributed by atoms with van der Waals surface area (Å²) in [6.45, 7) is 2.50. The van der Waals surface area contributed by atoms with Crippen LogP contribution in [0.3, 0.4) is 0 Å². The van der Waals surface area contributed by atoms with Crippen LogP contribution in [-0.4, -0.2) is 38.3 Å². The molecule has 1 unspecified atom stereocenters. The maximum atomic E-state index is 13.0. The first-order valence-electron chi connectivity index (χ1n) is 9.90. The Morgan fingerprint density at radius 3 is 2.52 bits per heavy atom. The Balaban J connectivity index is 1.83. The van der Waals surface area contributed by atoms with Gasteiger partial charge in [-0.3, -0.25) is 19.6 Å². The average molecular weight is 415 g/mol. The Hall–Kier alpha value is -4.00. The minimum atomic E-state index is -0.773. The van der Waals surface area contributed by atoms with E-state index < -0.39 is 17.7 Å². The van der Waals surface area contributed by atoms with E-state index in [0.29, 0.717) is 23.5 Å². The zero-order valence-electron chi connectivity index (χ0n) is 16.9. The molecule has 1 fully saturated rings. The summed E-state index contributed by atoms with van der Waals surface area (Å²) in [5.41, 5.74) is 1.83. The van der Waals surface area contributed by atoms with Gasteiger partial charge in [0, 0.05) is 36.9 Å². The molecule has 3 heterocycles. The summed E-state index contributed by atoms with van der Waals surface area (Å²) >= 11 is 0. The number of hydrogen-bond acceptors (Lipinski definition) is 6. The lowest BCUT2D eigenvalue weighted by molar-refractivity contribution is -0.140. The number of nitrogens with zero attached hydrogens (tertiary/aromatic N) is 3. The Bertz CT molecular complexity index is 1130. The maximum absolute atomic E-state index is 13.0. The molecule has 7 nitrogen and oxygen atoms in total. The molecule has 31 heavy (non-hydrogen) atoms. The fourth-order valence-electron chi connectivity index (χ4n) is 3.67. The first-order valence-corrected chi connectivity index (χ1v) is 9.90. The normalized spacial score (nSPS) is 17.7. The van der Waals surface area contributed by atoms with Crippen LogP contribution in [0.25, 0.3) is 5.76 Å². The lowest BCUT2D eigenvalue weighted by Gasteiger charge is -2.25. The molecule has 0 saturated carbocycles. The molecule has 0 aliphatic carbocycles. The second kappa shape index (κ2) is 8.79. The van der Waals surface area contributed by atoms with Gasteiger partial charge >= 0.3 is 0 Å². The van der Waals surface area contributed by atoms with Crippen molar-refractivity contribution >= 4 is 17.4 Å². The number of Topliss-reactive ketones (excluding diaryl/α,β-unsaturated/α-hetero) is 1. The molecule has 2 aromatic heterocycles. The summed E-state index contributed by atoms with van der Waals surface area (Å²) in [6, 6.07) is 13.1. The second-order valence-electron chi connectivity index (χ2n) is 7.04. The van der Waals surface area contributed by atoms with Gasteiger partial charge < -0.3 is 14.7 Å². The molecule has 1 N–H and O–H groups in total. The van der Waals surface area contributed by atoms with Gasteiger partial charge in [-0.2, -0.15) is 0 Å². The van der Waals surface area contributed by atoms with Crippen LogP contribution in [-0.2, 0) is 16.1 Å². The first kappa shape index (κ1) is 20.3.